The summed E-state index contributed by atoms with van der Waals surface area (Å²) in [5.74, 6) is 1.04. The van der Waals surface area contributed by atoms with E-state index in [0.29, 0.717) is 29.8 Å². The van der Waals surface area contributed by atoms with E-state index in [4.69, 9.17) is 14.5 Å². The third-order valence-corrected chi connectivity index (χ3v) is 6.05. The molecule has 0 radical (unpaired) electrons. The van der Waals surface area contributed by atoms with Gasteiger partial charge in [-0.1, -0.05) is 37.2 Å². The number of hydrogen-bond acceptors (Lipinski definition) is 6. The zero-order valence-electron chi connectivity index (χ0n) is 18.7. The smallest absolute Gasteiger partial charge is 0.242 e. The van der Waals surface area contributed by atoms with Crippen molar-refractivity contribution >= 4 is 40.1 Å². The van der Waals surface area contributed by atoms with Crippen molar-refractivity contribution in [2.45, 2.75) is 38.4 Å². The Labute approximate surface area is 193 Å². The largest absolute Gasteiger partial charge is 0.495 e. The van der Waals surface area contributed by atoms with E-state index < -0.39 is 5.25 Å². The highest BCUT2D eigenvalue weighted by Crippen LogP contribution is 2.33. The van der Waals surface area contributed by atoms with Gasteiger partial charge < -0.3 is 14.8 Å². The molecular weight excluding hydrogens is 426 g/mol. The van der Waals surface area contributed by atoms with Crippen LogP contribution in [0.15, 0.2) is 53.5 Å². The van der Waals surface area contributed by atoms with E-state index in [1.807, 2.05) is 43.3 Å². The second-order valence-electron chi connectivity index (χ2n) is 7.22. The summed E-state index contributed by atoms with van der Waals surface area (Å²) in [6.45, 7) is 5.20. The van der Waals surface area contributed by atoms with Gasteiger partial charge in [-0.3, -0.25) is 14.5 Å². The zero-order chi connectivity index (χ0) is 22.9. The molecule has 2 aromatic rings. The van der Waals surface area contributed by atoms with Gasteiger partial charge in [0, 0.05) is 13.0 Å². The Morgan fingerprint density at radius 2 is 1.91 bits per heavy atom. The van der Waals surface area contributed by atoms with Crippen LogP contribution < -0.4 is 14.8 Å². The third-order valence-electron chi connectivity index (χ3n) is 4.88. The molecule has 1 aliphatic heterocycles. The number of thioether (sulfide) groups is 1. The van der Waals surface area contributed by atoms with Gasteiger partial charge in [-0.15, -0.1) is 0 Å². The summed E-state index contributed by atoms with van der Waals surface area (Å²) >= 11 is 1.34. The monoisotopic (exact) mass is 455 g/mol. The van der Waals surface area contributed by atoms with Gasteiger partial charge in [-0.2, -0.15) is 0 Å². The minimum absolute atomic E-state index is 0.0620. The van der Waals surface area contributed by atoms with E-state index in [-0.39, 0.29) is 18.2 Å². The molecule has 2 amide bonds. The Morgan fingerprint density at radius 1 is 1.16 bits per heavy atom. The van der Waals surface area contributed by atoms with Gasteiger partial charge in [0.05, 0.1) is 25.1 Å². The molecule has 1 atom stereocenters. The maximum Gasteiger partial charge on any atom is 0.242 e. The van der Waals surface area contributed by atoms with Crippen LogP contribution in [0, 0.1) is 0 Å². The van der Waals surface area contributed by atoms with Crippen LogP contribution in [0.3, 0.4) is 0 Å². The number of amidine groups is 1. The van der Waals surface area contributed by atoms with E-state index in [0.717, 1.165) is 24.3 Å². The highest BCUT2D eigenvalue weighted by Gasteiger charge is 2.38. The number of aliphatic imine (C=N–C) groups is 1. The van der Waals surface area contributed by atoms with Gasteiger partial charge in [-0.25, -0.2) is 4.99 Å². The fraction of sp³-hybridized carbons (Fsp3) is 0.375. The van der Waals surface area contributed by atoms with Crippen molar-refractivity contribution in [3.8, 4) is 11.5 Å². The second kappa shape index (κ2) is 11.6. The van der Waals surface area contributed by atoms with Crippen LogP contribution in [-0.2, 0) is 9.59 Å². The lowest BCUT2D eigenvalue weighted by molar-refractivity contribution is -0.128. The predicted octanol–water partition coefficient (Wildman–Crippen LogP) is 4.85. The molecule has 0 aliphatic carbocycles. The lowest BCUT2D eigenvalue weighted by atomic mass is 10.2. The number of anilines is 1. The summed E-state index contributed by atoms with van der Waals surface area (Å²) < 4.78 is 10.8. The Balaban J connectivity index is 1.73. The molecule has 0 bridgehead atoms. The first-order valence-corrected chi connectivity index (χ1v) is 11.7. The SMILES string of the molecule is CCCCN1C(=O)C(CC(=O)Nc2ccccc2OC)SC1=Nc1ccc(OCC)cc1. The highest BCUT2D eigenvalue weighted by molar-refractivity contribution is 8.15. The summed E-state index contributed by atoms with van der Waals surface area (Å²) in [5.41, 5.74) is 1.32. The van der Waals surface area contributed by atoms with Crippen molar-refractivity contribution in [2.24, 2.45) is 4.99 Å². The molecular formula is C24H29N3O4S. The first-order valence-electron chi connectivity index (χ1n) is 10.8. The lowest BCUT2D eigenvalue weighted by Gasteiger charge is -2.16. The lowest BCUT2D eigenvalue weighted by Crippen LogP contribution is -2.34. The number of para-hydroxylation sites is 2. The topological polar surface area (TPSA) is 80.2 Å². The Bertz CT molecular complexity index is 962. The average molecular weight is 456 g/mol. The normalized spacial score (nSPS) is 17.0. The van der Waals surface area contributed by atoms with Gasteiger partial charge in [0.2, 0.25) is 11.8 Å². The number of unbranched alkanes of at least 4 members (excludes halogenated alkanes) is 1. The first kappa shape index (κ1) is 23.7. The van der Waals surface area contributed by atoms with E-state index >= 15 is 0 Å². The average Bonchev–Trinajstić information content (AvgIpc) is 3.07. The molecule has 1 fully saturated rings. The van der Waals surface area contributed by atoms with Crippen LogP contribution >= 0.6 is 11.8 Å². The number of benzene rings is 2. The van der Waals surface area contributed by atoms with Crippen molar-refractivity contribution in [3.05, 3.63) is 48.5 Å². The molecule has 0 saturated carbocycles. The molecule has 1 N–H and O–H groups in total. The zero-order valence-corrected chi connectivity index (χ0v) is 19.5. The molecule has 170 valence electrons. The molecule has 0 aromatic heterocycles. The summed E-state index contributed by atoms with van der Waals surface area (Å²) in [6.07, 6.45) is 1.89. The molecule has 0 spiro atoms. The second-order valence-corrected chi connectivity index (χ2v) is 8.39. The summed E-state index contributed by atoms with van der Waals surface area (Å²) in [7, 11) is 1.55. The molecule has 1 heterocycles. The van der Waals surface area contributed by atoms with Crippen LogP contribution in [-0.4, -0.2) is 47.4 Å². The van der Waals surface area contributed by atoms with E-state index in [1.165, 1.54) is 11.8 Å². The Kier molecular flexibility index (Phi) is 8.56. The molecule has 8 heteroatoms. The number of amides is 2. The van der Waals surface area contributed by atoms with Crippen LogP contribution in [0.4, 0.5) is 11.4 Å². The van der Waals surface area contributed by atoms with Crippen LogP contribution in [0.1, 0.15) is 33.1 Å². The fourth-order valence-electron chi connectivity index (χ4n) is 3.26. The first-order chi connectivity index (χ1) is 15.5. The number of carbonyl (C=O) groups excluding carboxylic acids is 2. The number of nitrogens with one attached hydrogen (secondary N) is 1. The van der Waals surface area contributed by atoms with E-state index in [1.54, 1.807) is 24.1 Å². The van der Waals surface area contributed by atoms with Crippen molar-refractivity contribution < 1.29 is 19.1 Å². The number of hydrogen-bond donors (Lipinski definition) is 1. The molecule has 3 rings (SSSR count). The molecule has 2 aromatic carbocycles. The Hall–Kier alpha value is -3.00. The molecule has 7 nitrogen and oxygen atoms in total. The van der Waals surface area contributed by atoms with Gasteiger partial charge in [0.15, 0.2) is 5.17 Å². The quantitative estimate of drug-likeness (QED) is 0.554. The minimum Gasteiger partial charge on any atom is -0.495 e. The van der Waals surface area contributed by atoms with Crippen molar-refractivity contribution in [1.82, 2.24) is 4.90 Å². The number of methoxy groups -OCH3 is 1. The van der Waals surface area contributed by atoms with E-state index in [9.17, 15) is 9.59 Å². The van der Waals surface area contributed by atoms with Crippen molar-refractivity contribution in [3.63, 3.8) is 0 Å². The number of nitrogens with zero attached hydrogens (tertiary/aromatic N) is 2. The summed E-state index contributed by atoms with van der Waals surface area (Å²) in [4.78, 5) is 32.1. The van der Waals surface area contributed by atoms with Crippen molar-refractivity contribution in [2.75, 3.05) is 25.6 Å². The predicted molar refractivity (Wildman–Crippen MR) is 129 cm³/mol. The standard InChI is InChI=1S/C24H29N3O4S/c1-4-6-15-27-23(29)21(16-22(28)26-19-9-7-8-10-20(19)30-3)32-24(27)25-17-11-13-18(14-12-17)31-5-2/h7-14,21H,4-6,15-16H2,1-3H3,(H,26,28). The highest BCUT2D eigenvalue weighted by atomic mass is 32.2. The summed E-state index contributed by atoms with van der Waals surface area (Å²) in [6, 6.07) is 14.6. The molecule has 1 aliphatic rings. The maximum absolute atomic E-state index is 13.1. The number of carbonyl (C=O) groups is 2. The van der Waals surface area contributed by atoms with E-state index in [2.05, 4.69) is 12.2 Å². The number of rotatable bonds is 10. The number of ether oxygens (including phenoxy) is 2. The third kappa shape index (κ3) is 6.03. The van der Waals surface area contributed by atoms with Crippen molar-refractivity contribution in [1.29, 1.82) is 0 Å². The maximum atomic E-state index is 13.1. The van der Waals surface area contributed by atoms with Gasteiger partial charge in [0.25, 0.3) is 0 Å². The molecule has 1 unspecified atom stereocenters. The van der Waals surface area contributed by atoms with Gasteiger partial charge in [-0.05, 0) is 49.7 Å². The van der Waals surface area contributed by atoms with Gasteiger partial charge >= 0.3 is 0 Å². The summed E-state index contributed by atoms with van der Waals surface area (Å²) in [5, 5.41) is 2.96. The Morgan fingerprint density at radius 3 is 2.59 bits per heavy atom. The fourth-order valence-corrected chi connectivity index (χ4v) is 4.44. The molecule has 1 saturated heterocycles. The van der Waals surface area contributed by atoms with Gasteiger partial charge in [0.1, 0.15) is 16.7 Å². The van der Waals surface area contributed by atoms with Crippen LogP contribution in [0.5, 0.6) is 11.5 Å². The van der Waals surface area contributed by atoms with Crippen LogP contribution in [0.2, 0.25) is 0 Å². The van der Waals surface area contributed by atoms with Crippen LogP contribution in [0.25, 0.3) is 0 Å². The minimum atomic E-state index is -0.511. The molecule has 32 heavy (non-hydrogen) atoms.